The molecule has 1 aliphatic heterocycles. The molecule has 0 unspecified atom stereocenters. The molecule has 3 aromatic rings. The molecule has 1 atom stereocenters. The molecule has 1 amide bonds. The smallest absolute Gasteiger partial charge is 0.267 e. The summed E-state index contributed by atoms with van der Waals surface area (Å²) in [6, 6.07) is 11.7. The van der Waals surface area contributed by atoms with E-state index in [0.717, 1.165) is 28.1 Å². The minimum absolute atomic E-state index is 0.191. The Morgan fingerprint density at radius 2 is 2.12 bits per heavy atom. The summed E-state index contributed by atoms with van der Waals surface area (Å²) in [6.07, 6.45) is 3.97. The van der Waals surface area contributed by atoms with Crippen molar-refractivity contribution in [1.82, 2.24) is 19.9 Å². The summed E-state index contributed by atoms with van der Waals surface area (Å²) >= 11 is 0. The first-order valence-corrected chi connectivity index (χ1v) is 8.43. The van der Waals surface area contributed by atoms with Crippen molar-refractivity contribution >= 4 is 22.7 Å². The molecule has 1 N–H and O–H groups in total. The zero-order valence-electron chi connectivity index (χ0n) is 14.6. The van der Waals surface area contributed by atoms with Crippen LogP contribution >= 0.6 is 0 Å². The SMILES string of the molecule is CC1=NO[C@](C)(C(=O)NCc2cccnc2-n2cnc3ccccc32)C1. The monoisotopic (exact) mass is 349 g/mol. The van der Waals surface area contributed by atoms with Gasteiger partial charge in [0.1, 0.15) is 12.1 Å². The number of benzene rings is 1. The molecule has 132 valence electrons. The van der Waals surface area contributed by atoms with E-state index in [1.54, 1.807) is 19.4 Å². The van der Waals surface area contributed by atoms with Crippen LogP contribution in [0.1, 0.15) is 25.8 Å². The first-order valence-electron chi connectivity index (χ1n) is 8.43. The number of aromatic nitrogens is 3. The van der Waals surface area contributed by atoms with Crippen LogP contribution in [0.5, 0.6) is 0 Å². The van der Waals surface area contributed by atoms with E-state index in [9.17, 15) is 4.79 Å². The van der Waals surface area contributed by atoms with Crippen LogP contribution in [-0.4, -0.2) is 31.8 Å². The van der Waals surface area contributed by atoms with E-state index < -0.39 is 5.60 Å². The molecule has 0 saturated heterocycles. The second kappa shape index (κ2) is 6.25. The fraction of sp³-hybridized carbons (Fsp3) is 0.263. The Labute approximate surface area is 150 Å². The molecule has 7 heteroatoms. The minimum atomic E-state index is -0.950. The van der Waals surface area contributed by atoms with E-state index in [-0.39, 0.29) is 5.91 Å². The molecular formula is C19H19N5O2. The molecule has 7 nitrogen and oxygen atoms in total. The number of amides is 1. The number of hydrogen-bond donors (Lipinski definition) is 1. The molecule has 0 fully saturated rings. The molecule has 3 heterocycles. The first kappa shape index (κ1) is 16.3. The quantitative estimate of drug-likeness (QED) is 0.785. The van der Waals surface area contributed by atoms with Gasteiger partial charge in [-0.1, -0.05) is 23.4 Å². The van der Waals surface area contributed by atoms with Crippen LogP contribution in [0.4, 0.5) is 0 Å². The Morgan fingerprint density at radius 1 is 1.27 bits per heavy atom. The predicted octanol–water partition coefficient (Wildman–Crippen LogP) is 2.59. The predicted molar refractivity (Wildman–Crippen MR) is 97.9 cm³/mol. The third kappa shape index (κ3) is 2.81. The van der Waals surface area contributed by atoms with Crippen molar-refractivity contribution in [1.29, 1.82) is 0 Å². The lowest BCUT2D eigenvalue weighted by molar-refractivity contribution is -0.141. The highest BCUT2D eigenvalue weighted by Crippen LogP contribution is 2.24. The van der Waals surface area contributed by atoms with Crippen molar-refractivity contribution in [3.8, 4) is 5.82 Å². The van der Waals surface area contributed by atoms with Crippen molar-refractivity contribution < 1.29 is 9.63 Å². The minimum Gasteiger partial charge on any atom is -0.379 e. The Bertz CT molecular complexity index is 1010. The highest BCUT2D eigenvalue weighted by atomic mass is 16.7. The Hall–Kier alpha value is -3.22. The lowest BCUT2D eigenvalue weighted by Crippen LogP contribution is -2.44. The van der Waals surface area contributed by atoms with Crippen LogP contribution in [0.2, 0.25) is 0 Å². The van der Waals surface area contributed by atoms with Crippen molar-refractivity contribution in [2.75, 3.05) is 0 Å². The highest BCUT2D eigenvalue weighted by molar-refractivity contribution is 5.94. The van der Waals surface area contributed by atoms with Gasteiger partial charge in [-0.15, -0.1) is 0 Å². The fourth-order valence-corrected chi connectivity index (χ4v) is 3.13. The van der Waals surface area contributed by atoms with Gasteiger partial charge in [0.2, 0.25) is 5.60 Å². The molecule has 26 heavy (non-hydrogen) atoms. The van der Waals surface area contributed by atoms with Gasteiger partial charge in [0.15, 0.2) is 0 Å². The highest BCUT2D eigenvalue weighted by Gasteiger charge is 2.40. The zero-order chi connectivity index (χ0) is 18.1. The van der Waals surface area contributed by atoms with E-state index in [2.05, 4.69) is 20.4 Å². The summed E-state index contributed by atoms with van der Waals surface area (Å²) in [5.74, 6) is 0.551. The largest absolute Gasteiger partial charge is 0.379 e. The summed E-state index contributed by atoms with van der Waals surface area (Å²) in [7, 11) is 0. The van der Waals surface area contributed by atoms with Crippen LogP contribution in [0.25, 0.3) is 16.9 Å². The average Bonchev–Trinajstić information content (AvgIpc) is 3.24. The zero-order valence-corrected chi connectivity index (χ0v) is 14.6. The Balaban J connectivity index is 1.58. The summed E-state index contributed by atoms with van der Waals surface area (Å²) in [4.78, 5) is 26.8. The van der Waals surface area contributed by atoms with Crippen LogP contribution in [0.3, 0.4) is 0 Å². The van der Waals surface area contributed by atoms with E-state index in [1.165, 1.54) is 0 Å². The standard InChI is InChI=1S/C19H19N5O2/c1-13-10-19(2,26-23-13)18(25)21-11-14-6-5-9-20-17(14)24-12-22-15-7-3-4-8-16(15)24/h3-9,12H,10-11H2,1-2H3,(H,21,25)/t19-/m0/s1. The van der Waals surface area contributed by atoms with Gasteiger partial charge in [-0.05, 0) is 32.0 Å². The number of oxime groups is 1. The van der Waals surface area contributed by atoms with Gasteiger partial charge < -0.3 is 10.2 Å². The van der Waals surface area contributed by atoms with Gasteiger partial charge in [-0.3, -0.25) is 9.36 Å². The molecule has 0 radical (unpaired) electrons. The second-order valence-electron chi connectivity index (χ2n) is 6.60. The van der Waals surface area contributed by atoms with Crippen LogP contribution in [0.15, 0.2) is 54.1 Å². The number of imidazole rings is 1. The Morgan fingerprint density at radius 3 is 2.92 bits per heavy atom. The molecule has 1 aliphatic rings. The topological polar surface area (TPSA) is 81.4 Å². The normalized spacial score (nSPS) is 19.2. The van der Waals surface area contributed by atoms with Crippen molar-refractivity contribution in [2.45, 2.75) is 32.4 Å². The number of carbonyl (C=O) groups is 1. The number of pyridine rings is 1. The maximum Gasteiger partial charge on any atom is 0.267 e. The molecule has 1 aromatic carbocycles. The molecule has 2 aromatic heterocycles. The Kier molecular flexibility index (Phi) is 3.91. The van der Waals surface area contributed by atoms with Crippen LogP contribution in [-0.2, 0) is 16.2 Å². The third-order valence-electron chi connectivity index (χ3n) is 4.47. The maximum atomic E-state index is 12.5. The lowest BCUT2D eigenvalue weighted by Gasteiger charge is -2.20. The van der Waals surface area contributed by atoms with Crippen molar-refractivity contribution in [3.05, 3.63) is 54.5 Å². The lowest BCUT2D eigenvalue weighted by atomic mass is 9.99. The number of rotatable bonds is 4. The molecule has 0 aliphatic carbocycles. The van der Waals surface area contributed by atoms with E-state index in [1.807, 2.05) is 47.9 Å². The van der Waals surface area contributed by atoms with Crippen LogP contribution < -0.4 is 5.32 Å². The summed E-state index contributed by atoms with van der Waals surface area (Å²) < 4.78 is 1.93. The van der Waals surface area contributed by atoms with E-state index in [4.69, 9.17) is 4.84 Å². The number of fused-ring (bicyclic) bond motifs is 1. The summed E-state index contributed by atoms with van der Waals surface area (Å²) in [5.41, 5.74) is 2.62. The van der Waals surface area contributed by atoms with Gasteiger partial charge in [0.25, 0.3) is 5.91 Å². The number of para-hydroxylation sites is 2. The molecular weight excluding hydrogens is 330 g/mol. The van der Waals surface area contributed by atoms with Gasteiger partial charge >= 0.3 is 0 Å². The molecule has 0 spiro atoms. The van der Waals surface area contributed by atoms with E-state index in [0.29, 0.717) is 13.0 Å². The maximum absolute atomic E-state index is 12.5. The number of carbonyl (C=O) groups excluding carboxylic acids is 1. The van der Waals surface area contributed by atoms with Gasteiger partial charge in [-0.2, -0.15) is 0 Å². The van der Waals surface area contributed by atoms with Gasteiger partial charge in [0.05, 0.1) is 16.7 Å². The first-order chi connectivity index (χ1) is 12.6. The average molecular weight is 349 g/mol. The molecule has 0 saturated carbocycles. The van der Waals surface area contributed by atoms with Gasteiger partial charge in [-0.25, -0.2) is 9.97 Å². The fourth-order valence-electron chi connectivity index (χ4n) is 3.13. The summed E-state index contributed by atoms with van der Waals surface area (Å²) in [5, 5.41) is 6.83. The number of hydrogen-bond acceptors (Lipinski definition) is 5. The van der Waals surface area contributed by atoms with Crippen LogP contribution in [0, 0.1) is 0 Å². The summed E-state index contributed by atoms with van der Waals surface area (Å²) in [6.45, 7) is 3.93. The second-order valence-corrected chi connectivity index (χ2v) is 6.60. The molecule has 0 bridgehead atoms. The van der Waals surface area contributed by atoms with Crippen molar-refractivity contribution in [3.63, 3.8) is 0 Å². The van der Waals surface area contributed by atoms with E-state index >= 15 is 0 Å². The molecule has 4 rings (SSSR count). The van der Waals surface area contributed by atoms with Crippen molar-refractivity contribution in [2.24, 2.45) is 5.16 Å². The number of nitrogens with one attached hydrogen (secondary N) is 1. The van der Waals surface area contributed by atoms with Gasteiger partial charge in [0, 0.05) is 24.7 Å². The number of nitrogens with zero attached hydrogens (tertiary/aromatic N) is 4. The third-order valence-corrected chi connectivity index (χ3v) is 4.47.